The molecule has 1 aliphatic heterocycles. The van der Waals surface area contributed by atoms with Gasteiger partial charge < -0.3 is 9.47 Å². The maximum atomic E-state index is 13.5. The monoisotopic (exact) mass is 308 g/mol. The predicted molar refractivity (Wildman–Crippen MR) is 78.8 cm³/mol. The molecular weight excluding hydrogens is 290 g/mol. The van der Waals surface area contributed by atoms with Crippen LogP contribution < -0.4 is 4.90 Å². The van der Waals surface area contributed by atoms with E-state index in [2.05, 4.69) is 21.8 Å². The molecule has 1 aliphatic rings. The average molecular weight is 308 g/mol. The summed E-state index contributed by atoms with van der Waals surface area (Å²) in [5.74, 6) is -1.03. The molecule has 0 saturated carbocycles. The van der Waals surface area contributed by atoms with Gasteiger partial charge in [0, 0.05) is 39.0 Å². The molecule has 118 valence electrons. The lowest BCUT2D eigenvalue weighted by atomic mass is 10.3. The Kier molecular flexibility index (Phi) is 3.46. The zero-order chi connectivity index (χ0) is 15.9. The number of aromatic nitrogens is 5. The van der Waals surface area contributed by atoms with Gasteiger partial charge in [0.2, 0.25) is 11.8 Å². The van der Waals surface area contributed by atoms with E-state index < -0.39 is 5.92 Å². The average Bonchev–Trinajstić information content (AvgIpc) is 3.08. The Labute approximate surface area is 127 Å². The van der Waals surface area contributed by atoms with Crippen LogP contribution in [0.3, 0.4) is 0 Å². The van der Waals surface area contributed by atoms with Crippen LogP contribution in [0.5, 0.6) is 0 Å². The van der Waals surface area contributed by atoms with E-state index in [1.165, 1.54) is 0 Å². The number of alkyl halides is 2. The third-order valence-corrected chi connectivity index (χ3v) is 3.63. The Hall–Kier alpha value is -2.25. The molecule has 3 heterocycles. The summed E-state index contributed by atoms with van der Waals surface area (Å²) in [5.41, 5.74) is 0.891. The van der Waals surface area contributed by atoms with E-state index in [4.69, 9.17) is 0 Å². The maximum absolute atomic E-state index is 13.5. The number of anilines is 1. The molecule has 0 atom stereocenters. The molecule has 0 spiro atoms. The number of rotatable bonds is 4. The number of hydrogen-bond donors (Lipinski definition) is 0. The molecule has 1 saturated heterocycles. The van der Waals surface area contributed by atoms with Crippen molar-refractivity contribution < 1.29 is 8.78 Å². The van der Waals surface area contributed by atoms with Gasteiger partial charge in [0.1, 0.15) is 0 Å². The number of allylic oxidation sites excluding steroid dienone is 1. The van der Waals surface area contributed by atoms with Crippen LogP contribution in [0.4, 0.5) is 14.7 Å². The topological polar surface area (TPSA) is 51.8 Å². The van der Waals surface area contributed by atoms with Crippen molar-refractivity contribution in [3.8, 4) is 11.6 Å². The number of nitrogens with zero attached hydrogens (tertiary/aromatic N) is 6. The smallest absolute Gasteiger partial charge is 0.267 e. The van der Waals surface area contributed by atoms with E-state index in [0.29, 0.717) is 24.1 Å². The van der Waals surface area contributed by atoms with Crippen LogP contribution in [-0.4, -0.2) is 43.3 Å². The van der Waals surface area contributed by atoms with Gasteiger partial charge >= 0.3 is 0 Å². The summed E-state index contributed by atoms with van der Waals surface area (Å²) in [4.78, 5) is 5.84. The fraction of sp³-hybridized carbons (Fsp3) is 0.500. The highest BCUT2D eigenvalue weighted by Crippen LogP contribution is 2.31. The first-order valence-corrected chi connectivity index (χ1v) is 7.05. The SMILES string of the molecule is C=C(C)Cn1c(-c2nccn2C)nnc1N1CCC(F)(F)C1. The van der Waals surface area contributed by atoms with Gasteiger partial charge in [-0.25, -0.2) is 13.8 Å². The zero-order valence-electron chi connectivity index (χ0n) is 12.6. The van der Waals surface area contributed by atoms with Gasteiger partial charge in [0.15, 0.2) is 5.82 Å². The molecule has 0 radical (unpaired) electrons. The highest BCUT2D eigenvalue weighted by molar-refractivity contribution is 5.50. The Morgan fingerprint density at radius 1 is 1.36 bits per heavy atom. The van der Waals surface area contributed by atoms with Crippen LogP contribution in [-0.2, 0) is 13.6 Å². The summed E-state index contributed by atoms with van der Waals surface area (Å²) in [5, 5.41) is 8.29. The third-order valence-electron chi connectivity index (χ3n) is 3.63. The molecule has 0 N–H and O–H groups in total. The van der Waals surface area contributed by atoms with E-state index in [1.54, 1.807) is 21.9 Å². The molecule has 0 aliphatic carbocycles. The number of halogens is 2. The fourth-order valence-electron chi connectivity index (χ4n) is 2.60. The first-order valence-electron chi connectivity index (χ1n) is 7.05. The van der Waals surface area contributed by atoms with E-state index in [1.807, 2.05) is 18.5 Å². The van der Waals surface area contributed by atoms with Crippen LogP contribution in [0, 0.1) is 0 Å². The van der Waals surface area contributed by atoms with Gasteiger partial charge in [-0.05, 0) is 6.92 Å². The number of aryl methyl sites for hydroxylation is 1. The van der Waals surface area contributed by atoms with Crippen molar-refractivity contribution in [1.29, 1.82) is 0 Å². The second-order valence-electron chi connectivity index (χ2n) is 5.76. The van der Waals surface area contributed by atoms with Crippen LogP contribution in [0.25, 0.3) is 11.6 Å². The van der Waals surface area contributed by atoms with E-state index in [9.17, 15) is 8.78 Å². The summed E-state index contributed by atoms with van der Waals surface area (Å²) in [6, 6.07) is 0. The molecule has 22 heavy (non-hydrogen) atoms. The van der Waals surface area contributed by atoms with E-state index >= 15 is 0 Å². The minimum absolute atomic E-state index is 0.162. The van der Waals surface area contributed by atoms with Crippen LogP contribution in [0.15, 0.2) is 24.5 Å². The third kappa shape index (κ3) is 2.60. The first-order chi connectivity index (χ1) is 10.4. The predicted octanol–water partition coefficient (Wildman–Crippen LogP) is 2.10. The Bertz CT molecular complexity index is 702. The molecule has 1 fully saturated rings. The highest BCUT2D eigenvalue weighted by atomic mass is 19.3. The lowest BCUT2D eigenvalue weighted by Crippen LogP contribution is -2.27. The van der Waals surface area contributed by atoms with Gasteiger partial charge in [-0.3, -0.25) is 4.57 Å². The molecule has 0 unspecified atom stereocenters. The molecular formula is C14H18F2N6. The van der Waals surface area contributed by atoms with Gasteiger partial charge in [-0.1, -0.05) is 12.2 Å². The molecule has 6 nitrogen and oxygen atoms in total. The molecule has 0 bridgehead atoms. The molecule has 8 heteroatoms. The van der Waals surface area contributed by atoms with Crippen LogP contribution in [0.2, 0.25) is 0 Å². The van der Waals surface area contributed by atoms with Crippen molar-refractivity contribution in [3.63, 3.8) is 0 Å². The van der Waals surface area contributed by atoms with Gasteiger partial charge in [0.05, 0.1) is 6.54 Å². The summed E-state index contributed by atoms with van der Waals surface area (Å²) in [6.07, 6.45) is 3.31. The Balaban J connectivity index is 2.03. The lowest BCUT2D eigenvalue weighted by Gasteiger charge is -2.19. The van der Waals surface area contributed by atoms with Crippen molar-refractivity contribution in [2.24, 2.45) is 7.05 Å². The van der Waals surface area contributed by atoms with E-state index in [-0.39, 0.29) is 19.5 Å². The number of imidazole rings is 1. The Morgan fingerprint density at radius 2 is 2.14 bits per heavy atom. The summed E-state index contributed by atoms with van der Waals surface area (Å²) in [7, 11) is 1.85. The molecule has 0 aromatic carbocycles. The van der Waals surface area contributed by atoms with Gasteiger partial charge in [-0.2, -0.15) is 0 Å². The van der Waals surface area contributed by atoms with Crippen molar-refractivity contribution in [1.82, 2.24) is 24.3 Å². The maximum Gasteiger partial charge on any atom is 0.267 e. The highest BCUT2D eigenvalue weighted by Gasteiger charge is 2.40. The largest absolute Gasteiger partial charge is 0.335 e. The Morgan fingerprint density at radius 3 is 2.68 bits per heavy atom. The quantitative estimate of drug-likeness (QED) is 0.812. The zero-order valence-corrected chi connectivity index (χ0v) is 12.6. The molecule has 2 aromatic heterocycles. The minimum Gasteiger partial charge on any atom is -0.335 e. The van der Waals surface area contributed by atoms with E-state index in [0.717, 1.165) is 5.57 Å². The van der Waals surface area contributed by atoms with Gasteiger partial charge in [0.25, 0.3) is 5.92 Å². The second-order valence-corrected chi connectivity index (χ2v) is 5.76. The van der Waals surface area contributed by atoms with Crippen molar-refractivity contribution >= 4 is 5.95 Å². The van der Waals surface area contributed by atoms with Crippen molar-refractivity contribution in [2.75, 3.05) is 18.0 Å². The van der Waals surface area contributed by atoms with Crippen LogP contribution >= 0.6 is 0 Å². The molecule has 3 rings (SSSR count). The first kappa shape index (κ1) is 14.7. The molecule has 2 aromatic rings. The molecule has 0 amide bonds. The fourth-order valence-corrected chi connectivity index (χ4v) is 2.60. The normalized spacial score (nSPS) is 17.2. The van der Waals surface area contributed by atoms with Gasteiger partial charge in [-0.15, -0.1) is 10.2 Å². The van der Waals surface area contributed by atoms with Crippen molar-refractivity contribution in [3.05, 3.63) is 24.5 Å². The summed E-state index contributed by atoms with van der Waals surface area (Å²) < 4.78 is 30.6. The summed E-state index contributed by atoms with van der Waals surface area (Å²) >= 11 is 0. The second kappa shape index (κ2) is 5.19. The van der Waals surface area contributed by atoms with Crippen molar-refractivity contribution in [2.45, 2.75) is 25.8 Å². The van der Waals surface area contributed by atoms with Crippen LogP contribution in [0.1, 0.15) is 13.3 Å². The minimum atomic E-state index is -2.68. The number of hydrogen-bond acceptors (Lipinski definition) is 4. The standard InChI is InChI=1S/C14H18F2N6/c1-10(2)8-22-12(11-17-5-7-20(11)3)18-19-13(22)21-6-4-14(15,16)9-21/h5,7H,1,4,6,8-9H2,2-3H3. The lowest BCUT2D eigenvalue weighted by molar-refractivity contribution is 0.0256. The summed E-state index contributed by atoms with van der Waals surface area (Å²) in [6.45, 7) is 6.18.